The summed E-state index contributed by atoms with van der Waals surface area (Å²) in [6.45, 7) is 4.38. The minimum atomic E-state index is 0.376. The molecule has 3 aromatic rings. The van der Waals surface area contributed by atoms with Crippen LogP contribution in [0.1, 0.15) is 31.2 Å². The predicted octanol–water partition coefficient (Wildman–Crippen LogP) is 4.28. The van der Waals surface area contributed by atoms with Gasteiger partial charge < -0.3 is 0 Å². The van der Waals surface area contributed by atoms with Gasteiger partial charge in [-0.15, -0.1) is 11.6 Å². The van der Waals surface area contributed by atoms with Crippen LogP contribution in [0.25, 0.3) is 16.7 Å². The number of aromatic nitrogens is 3. The Morgan fingerprint density at radius 1 is 1.15 bits per heavy atom. The molecule has 0 aliphatic rings. The molecule has 0 aliphatic heterocycles. The minimum absolute atomic E-state index is 0.376. The van der Waals surface area contributed by atoms with Gasteiger partial charge in [0.2, 0.25) is 0 Å². The van der Waals surface area contributed by atoms with Crippen LogP contribution in [0.4, 0.5) is 0 Å². The molecule has 3 nitrogen and oxygen atoms in total. The Morgan fingerprint density at radius 3 is 2.55 bits per heavy atom. The molecule has 0 saturated carbocycles. The maximum Gasteiger partial charge on any atom is 0.129 e. The van der Waals surface area contributed by atoms with Crippen LogP contribution >= 0.6 is 11.6 Å². The van der Waals surface area contributed by atoms with Gasteiger partial charge in [0.1, 0.15) is 11.3 Å². The lowest BCUT2D eigenvalue weighted by Gasteiger charge is -2.10. The van der Waals surface area contributed by atoms with Crippen LogP contribution in [0.15, 0.2) is 42.7 Å². The lowest BCUT2D eigenvalue weighted by Crippen LogP contribution is -1.99. The summed E-state index contributed by atoms with van der Waals surface area (Å²) in [6, 6.07) is 10.5. The largest absolute Gasteiger partial charge is 0.295 e. The second kappa shape index (κ2) is 5.25. The number of rotatable bonds is 3. The van der Waals surface area contributed by atoms with E-state index in [0.29, 0.717) is 11.8 Å². The summed E-state index contributed by atoms with van der Waals surface area (Å²) in [6.07, 6.45) is 3.55. The molecule has 4 heteroatoms. The van der Waals surface area contributed by atoms with E-state index in [9.17, 15) is 0 Å². The number of alkyl halides is 1. The highest BCUT2D eigenvalue weighted by atomic mass is 35.5. The molecule has 0 unspecified atom stereocenters. The van der Waals surface area contributed by atoms with Crippen molar-refractivity contribution in [1.29, 1.82) is 0 Å². The molecular formula is C16H16ClN3. The van der Waals surface area contributed by atoms with Gasteiger partial charge >= 0.3 is 0 Å². The molecular weight excluding hydrogens is 270 g/mol. The topological polar surface area (TPSA) is 30.7 Å². The molecule has 0 N–H and O–H groups in total. The number of halogens is 1. The van der Waals surface area contributed by atoms with Crippen LogP contribution in [0.2, 0.25) is 0 Å². The van der Waals surface area contributed by atoms with Gasteiger partial charge in [0.05, 0.1) is 17.6 Å². The van der Waals surface area contributed by atoms with E-state index >= 15 is 0 Å². The number of hydrogen-bond donors (Lipinski definition) is 0. The average Bonchev–Trinajstić information content (AvgIpc) is 2.85. The standard InChI is InChI=1S/C16H16ClN3/c1-11(2)12-3-5-13(6-4-12)20-15-7-8-18-10-14(15)19-16(20)9-17/h3-8,10-11H,9H2,1-2H3. The van der Waals surface area contributed by atoms with Crippen molar-refractivity contribution in [2.24, 2.45) is 0 Å². The lowest BCUT2D eigenvalue weighted by atomic mass is 10.0. The van der Waals surface area contributed by atoms with Crippen molar-refractivity contribution in [2.75, 3.05) is 0 Å². The Labute approximate surface area is 123 Å². The molecule has 0 aliphatic carbocycles. The summed E-state index contributed by atoms with van der Waals surface area (Å²) < 4.78 is 2.09. The maximum absolute atomic E-state index is 6.03. The van der Waals surface area contributed by atoms with Gasteiger partial charge in [-0.3, -0.25) is 9.55 Å². The molecule has 0 atom stereocenters. The van der Waals surface area contributed by atoms with E-state index in [-0.39, 0.29) is 0 Å². The molecule has 102 valence electrons. The molecule has 0 amide bonds. The summed E-state index contributed by atoms with van der Waals surface area (Å²) >= 11 is 6.03. The van der Waals surface area contributed by atoms with Crippen LogP contribution in [0, 0.1) is 0 Å². The Kier molecular flexibility index (Phi) is 3.45. The van der Waals surface area contributed by atoms with Gasteiger partial charge in [-0.05, 0) is 29.7 Å². The van der Waals surface area contributed by atoms with Gasteiger partial charge in [0, 0.05) is 11.9 Å². The molecule has 0 spiro atoms. The predicted molar refractivity (Wildman–Crippen MR) is 82.5 cm³/mol. The van der Waals surface area contributed by atoms with Crippen molar-refractivity contribution in [2.45, 2.75) is 25.6 Å². The van der Waals surface area contributed by atoms with Crippen molar-refractivity contribution < 1.29 is 0 Å². The molecule has 0 bridgehead atoms. The number of pyridine rings is 1. The van der Waals surface area contributed by atoms with Gasteiger partial charge in [-0.1, -0.05) is 26.0 Å². The van der Waals surface area contributed by atoms with Gasteiger partial charge in [0.25, 0.3) is 0 Å². The Balaban J connectivity index is 2.17. The highest BCUT2D eigenvalue weighted by molar-refractivity contribution is 6.17. The van der Waals surface area contributed by atoms with Crippen LogP contribution in [0.5, 0.6) is 0 Å². The first-order valence-corrected chi connectivity index (χ1v) is 7.22. The van der Waals surface area contributed by atoms with E-state index in [0.717, 1.165) is 22.5 Å². The number of nitrogens with zero attached hydrogens (tertiary/aromatic N) is 3. The van der Waals surface area contributed by atoms with Crippen molar-refractivity contribution in [3.8, 4) is 5.69 Å². The number of benzene rings is 1. The zero-order valence-electron chi connectivity index (χ0n) is 11.5. The fourth-order valence-electron chi connectivity index (χ4n) is 2.37. The monoisotopic (exact) mass is 285 g/mol. The Hall–Kier alpha value is -1.87. The molecule has 20 heavy (non-hydrogen) atoms. The second-order valence-electron chi connectivity index (χ2n) is 5.11. The fourth-order valence-corrected chi connectivity index (χ4v) is 2.55. The second-order valence-corrected chi connectivity index (χ2v) is 5.37. The third-order valence-electron chi connectivity index (χ3n) is 3.46. The fraction of sp³-hybridized carbons (Fsp3) is 0.250. The van der Waals surface area contributed by atoms with Crippen LogP contribution in [0.3, 0.4) is 0 Å². The molecule has 1 aromatic carbocycles. The molecule has 0 saturated heterocycles. The van der Waals surface area contributed by atoms with Crippen molar-refractivity contribution in [1.82, 2.24) is 14.5 Å². The molecule has 2 aromatic heterocycles. The van der Waals surface area contributed by atoms with E-state index in [1.54, 1.807) is 12.4 Å². The Morgan fingerprint density at radius 2 is 1.90 bits per heavy atom. The highest BCUT2D eigenvalue weighted by Gasteiger charge is 2.11. The van der Waals surface area contributed by atoms with Crippen molar-refractivity contribution in [3.05, 3.63) is 54.1 Å². The SMILES string of the molecule is CC(C)c1ccc(-n2c(CCl)nc3cnccc32)cc1. The van der Waals surface area contributed by atoms with Crippen molar-refractivity contribution >= 4 is 22.6 Å². The average molecular weight is 286 g/mol. The summed E-state index contributed by atoms with van der Waals surface area (Å²) in [5.41, 5.74) is 4.31. The van der Waals surface area contributed by atoms with E-state index in [1.165, 1.54) is 5.56 Å². The first-order chi connectivity index (χ1) is 9.70. The third kappa shape index (κ3) is 2.18. The number of hydrogen-bond acceptors (Lipinski definition) is 2. The van der Waals surface area contributed by atoms with E-state index < -0.39 is 0 Å². The van der Waals surface area contributed by atoms with Crippen LogP contribution in [-0.2, 0) is 5.88 Å². The molecule has 0 radical (unpaired) electrons. The van der Waals surface area contributed by atoms with Gasteiger partial charge in [0.15, 0.2) is 0 Å². The minimum Gasteiger partial charge on any atom is -0.295 e. The van der Waals surface area contributed by atoms with Crippen molar-refractivity contribution in [3.63, 3.8) is 0 Å². The first-order valence-electron chi connectivity index (χ1n) is 6.68. The normalized spacial score (nSPS) is 11.4. The zero-order chi connectivity index (χ0) is 14.1. The first kappa shape index (κ1) is 13.1. The maximum atomic E-state index is 6.03. The van der Waals surface area contributed by atoms with E-state index in [1.807, 2.05) is 6.07 Å². The van der Waals surface area contributed by atoms with Crippen LogP contribution < -0.4 is 0 Å². The van der Waals surface area contributed by atoms with Crippen LogP contribution in [-0.4, -0.2) is 14.5 Å². The number of fused-ring (bicyclic) bond motifs is 1. The highest BCUT2D eigenvalue weighted by Crippen LogP contribution is 2.23. The molecule has 2 heterocycles. The third-order valence-corrected chi connectivity index (χ3v) is 3.70. The lowest BCUT2D eigenvalue weighted by molar-refractivity contribution is 0.864. The van der Waals surface area contributed by atoms with E-state index in [4.69, 9.17) is 11.6 Å². The summed E-state index contributed by atoms with van der Waals surface area (Å²) in [7, 11) is 0. The summed E-state index contributed by atoms with van der Waals surface area (Å²) in [4.78, 5) is 8.65. The molecule has 0 fully saturated rings. The summed E-state index contributed by atoms with van der Waals surface area (Å²) in [5.74, 6) is 1.74. The zero-order valence-corrected chi connectivity index (χ0v) is 12.3. The molecule has 3 rings (SSSR count). The Bertz CT molecular complexity index is 729. The summed E-state index contributed by atoms with van der Waals surface area (Å²) in [5, 5.41) is 0. The van der Waals surface area contributed by atoms with Gasteiger partial charge in [-0.2, -0.15) is 0 Å². The number of imidazole rings is 1. The smallest absolute Gasteiger partial charge is 0.129 e. The van der Waals surface area contributed by atoms with E-state index in [2.05, 4.69) is 52.6 Å². The van der Waals surface area contributed by atoms with Gasteiger partial charge in [-0.25, -0.2) is 4.98 Å². The quantitative estimate of drug-likeness (QED) is 0.672.